The number of likely N-dealkylation sites (N-methyl/N-ethyl adjacent to an activating group) is 1. The lowest BCUT2D eigenvalue weighted by Crippen LogP contribution is -2.51. The van der Waals surface area contributed by atoms with Gasteiger partial charge in [0.2, 0.25) is 5.91 Å². The standard InChI is InChI=1S/C24H28N2O2/c1-25-15-20(18-7-3-4-10-21(18)25)24(27)26-14-6-9-17-16-8-5-11-23(28-2)19(16)12-13-22(17)26/h3-5,7-8,10-11,17,20,22H,6,9,12-15H2,1-2H3. The number of anilines is 1. The van der Waals surface area contributed by atoms with E-state index in [0.717, 1.165) is 44.5 Å². The average molecular weight is 377 g/mol. The first-order chi connectivity index (χ1) is 13.7. The number of likely N-dealkylation sites (tertiary alicyclic amines) is 1. The molecule has 1 saturated heterocycles. The number of nitrogens with zero attached hydrogens (tertiary/aromatic N) is 2. The van der Waals surface area contributed by atoms with E-state index in [2.05, 4.69) is 59.3 Å². The van der Waals surface area contributed by atoms with E-state index in [1.807, 2.05) is 0 Å². The molecule has 2 aromatic carbocycles. The quantitative estimate of drug-likeness (QED) is 0.796. The number of amides is 1. The summed E-state index contributed by atoms with van der Waals surface area (Å²) in [5, 5.41) is 0. The van der Waals surface area contributed by atoms with Gasteiger partial charge in [-0.1, -0.05) is 30.3 Å². The van der Waals surface area contributed by atoms with Gasteiger partial charge in [-0.25, -0.2) is 0 Å². The molecule has 3 aliphatic rings. The number of carbonyl (C=O) groups is 1. The highest BCUT2D eigenvalue weighted by Gasteiger charge is 2.43. The number of methoxy groups -OCH3 is 1. The second kappa shape index (κ2) is 6.84. The summed E-state index contributed by atoms with van der Waals surface area (Å²) in [4.78, 5) is 18.1. The number of ether oxygens (including phenoxy) is 1. The third kappa shape index (κ3) is 2.61. The molecule has 1 fully saturated rings. The number of fused-ring (bicyclic) bond motifs is 4. The zero-order valence-electron chi connectivity index (χ0n) is 16.7. The van der Waals surface area contributed by atoms with Gasteiger partial charge in [-0.05, 0) is 54.5 Å². The normalized spacial score (nSPS) is 25.7. The smallest absolute Gasteiger partial charge is 0.232 e. The summed E-state index contributed by atoms with van der Waals surface area (Å²) in [5.41, 5.74) is 5.15. The summed E-state index contributed by atoms with van der Waals surface area (Å²) in [7, 11) is 3.85. The van der Waals surface area contributed by atoms with Gasteiger partial charge in [0.1, 0.15) is 5.75 Å². The number of rotatable bonds is 2. The van der Waals surface area contributed by atoms with Crippen LogP contribution >= 0.6 is 0 Å². The van der Waals surface area contributed by atoms with Crippen molar-refractivity contribution in [2.45, 2.75) is 43.6 Å². The van der Waals surface area contributed by atoms with E-state index in [9.17, 15) is 4.79 Å². The van der Waals surface area contributed by atoms with Gasteiger partial charge >= 0.3 is 0 Å². The molecule has 2 heterocycles. The fourth-order valence-corrected chi connectivity index (χ4v) is 5.74. The molecule has 0 saturated carbocycles. The Labute approximate surface area is 167 Å². The van der Waals surface area contributed by atoms with Crippen molar-refractivity contribution in [2.75, 3.05) is 32.1 Å². The van der Waals surface area contributed by atoms with Gasteiger partial charge in [0, 0.05) is 37.8 Å². The van der Waals surface area contributed by atoms with Crippen LogP contribution in [0.1, 0.15) is 47.8 Å². The number of benzene rings is 2. The summed E-state index contributed by atoms with van der Waals surface area (Å²) in [6.07, 6.45) is 4.27. The van der Waals surface area contributed by atoms with Crippen LogP contribution < -0.4 is 9.64 Å². The van der Waals surface area contributed by atoms with Crippen molar-refractivity contribution in [2.24, 2.45) is 0 Å². The summed E-state index contributed by atoms with van der Waals surface area (Å²) < 4.78 is 5.61. The largest absolute Gasteiger partial charge is 0.496 e. The summed E-state index contributed by atoms with van der Waals surface area (Å²) in [6.45, 7) is 1.68. The predicted octanol–water partition coefficient (Wildman–Crippen LogP) is 3.95. The van der Waals surface area contributed by atoms with E-state index in [-0.39, 0.29) is 5.92 Å². The van der Waals surface area contributed by atoms with Crippen molar-refractivity contribution in [3.63, 3.8) is 0 Å². The third-order valence-electron chi connectivity index (χ3n) is 7.02. The van der Waals surface area contributed by atoms with Gasteiger partial charge in [-0.15, -0.1) is 0 Å². The van der Waals surface area contributed by atoms with Gasteiger partial charge in [0.25, 0.3) is 0 Å². The molecule has 0 N–H and O–H groups in total. The Hall–Kier alpha value is -2.49. The third-order valence-corrected chi connectivity index (χ3v) is 7.02. The maximum absolute atomic E-state index is 13.7. The molecule has 3 atom stereocenters. The monoisotopic (exact) mass is 376 g/mol. The second-order valence-corrected chi connectivity index (χ2v) is 8.41. The highest BCUT2D eigenvalue weighted by atomic mass is 16.5. The highest BCUT2D eigenvalue weighted by molar-refractivity contribution is 5.89. The van der Waals surface area contributed by atoms with Gasteiger partial charge in [-0.2, -0.15) is 0 Å². The molecule has 0 aromatic heterocycles. The molecule has 4 heteroatoms. The van der Waals surface area contributed by atoms with E-state index < -0.39 is 0 Å². The Kier molecular flexibility index (Phi) is 4.30. The SMILES string of the molecule is COc1cccc2c1CCC1C2CCCN1C(=O)C1CN(C)c2ccccc21. The van der Waals surface area contributed by atoms with E-state index in [4.69, 9.17) is 4.74 Å². The molecule has 0 bridgehead atoms. The molecule has 0 radical (unpaired) electrons. The lowest BCUT2D eigenvalue weighted by molar-refractivity contribution is -0.137. The Balaban J connectivity index is 1.45. The van der Waals surface area contributed by atoms with Gasteiger partial charge in [0.05, 0.1) is 13.0 Å². The maximum atomic E-state index is 13.7. The molecule has 146 valence electrons. The molecular formula is C24H28N2O2. The Morgan fingerprint density at radius 3 is 2.75 bits per heavy atom. The molecule has 4 nitrogen and oxygen atoms in total. The maximum Gasteiger partial charge on any atom is 0.232 e. The molecule has 3 unspecified atom stereocenters. The first kappa shape index (κ1) is 17.6. The summed E-state index contributed by atoms with van der Waals surface area (Å²) in [6, 6.07) is 15.1. The van der Waals surface area contributed by atoms with Crippen molar-refractivity contribution >= 4 is 11.6 Å². The molecule has 28 heavy (non-hydrogen) atoms. The number of hydrogen-bond acceptors (Lipinski definition) is 3. The van der Waals surface area contributed by atoms with Crippen molar-refractivity contribution in [3.8, 4) is 5.75 Å². The highest BCUT2D eigenvalue weighted by Crippen LogP contribution is 2.45. The Morgan fingerprint density at radius 1 is 1.07 bits per heavy atom. The zero-order valence-corrected chi connectivity index (χ0v) is 16.7. The van der Waals surface area contributed by atoms with Crippen LogP contribution in [-0.4, -0.2) is 44.1 Å². The first-order valence-corrected chi connectivity index (χ1v) is 10.5. The molecule has 0 spiro atoms. The molecule has 1 amide bonds. The number of para-hydroxylation sites is 1. The fraction of sp³-hybridized carbons (Fsp3) is 0.458. The van der Waals surface area contributed by atoms with Crippen LogP contribution in [0.15, 0.2) is 42.5 Å². The van der Waals surface area contributed by atoms with E-state index in [1.54, 1.807) is 7.11 Å². The van der Waals surface area contributed by atoms with Crippen molar-refractivity contribution in [1.82, 2.24) is 4.90 Å². The van der Waals surface area contributed by atoms with Crippen LogP contribution in [0.2, 0.25) is 0 Å². The molecular weight excluding hydrogens is 348 g/mol. The molecule has 2 aliphatic heterocycles. The van der Waals surface area contributed by atoms with Crippen LogP contribution in [0, 0.1) is 0 Å². The predicted molar refractivity (Wildman–Crippen MR) is 111 cm³/mol. The average Bonchev–Trinajstić information content (AvgIpc) is 3.09. The van der Waals surface area contributed by atoms with Crippen LogP contribution in [-0.2, 0) is 11.2 Å². The first-order valence-electron chi connectivity index (χ1n) is 10.5. The van der Waals surface area contributed by atoms with Crippen LogP contribution in [0.4, 0.5) is 5.69 Å². The Morgan fingerprint density at radius 2 is 1.89 bits per heavy atom. The lowest BCUT2D eigenvalue weighted by Gasteiger charge is -2.46. The second-order valence-electron chi connectivity index (χ2n) is 8.41. The molecule has 1 aliphatic carbocycles. The fourth-order valence-electron chi connectivity index (χ4n) is 5.74. The Bertz CT molecular complexity index is 909. The summed E-state index contributed by atoms with van der Waals surface area (Å²) >= 11 is 0. The lowest BCUT2D eigenvalue weighted by atomic mass is 9.73. The van der Waals surface area contributed by atoms with Gasteiger partial charge in [-0.3, -0.25) is 4.79 Å². The van der Waals surface area contributed by atoms with Crippen LogP contribution in [0.3, 0.4) is 0 Å². The number of hydrogen-bond donors (Lipinski definition) is 0. The van der Waals surface area contributed by atoms with E-state index in [0.29, 0.717) is 17.9 Å². The minimum absolute atomic E-state index is 0.0355. The summed E-state index contributed by atoms with van der Waals surface area (Å²) in [5.74, 6) is 1.72. The van der Waals surface area contributed by atoms with Crippen LogP contribution in [0.25, 0.3) is 0 Å². The number of piperidine rings is 1. The van der Waals surface area contributed by atoms with Crippen molar-refractivity contribution in [3.05, 3.63) is 59.2 Å². The van der Waals surface area contributed by atoms with Crippen molar-refractivity contribution < 1.29 is 9.53 Å². The number of carbonyl (C=O) groups excluding carboxylic acids is 1. The van der Waals surface area contributed by atoms with Gasteiger partial charge in [0.15, 0.2) is 0 Å². The molecule has 2 aromatic rings. The minimum Gasteiger partial charge on any atom is -0.496 e. The molecule has 5 rings (SSSR count). The van der Waals surface area contributed by atoms with E-state index in [1.165, 1.54) is 22.4 Å². The van der Waals surface area contributed by atoms with Crippen molar-refractivity contribution in [1.29, 1.82) is 0 Å². The topological polar surface area (TPSA) is 32.8 Å². The van der Waals surface area contributed by atoms with Gasteiger partial charge < -0.3 is 14.5 Å². The zero-order chi connectivity index (χ0) is 19.3. The minimum atomic E-state index is -0.0355. The van der Waals surface area contributed by atoms with E-state index >= 15 is 0 Å². The van der Waals surface area contributed by atoms with Crippen LogP contribution in [0.5, 0.6) is 5.75 Å².